The number of rotatable bonds is 5. The monoisotopic (exact) mass is 393 g/mol. The predicted octanol–water partition coefficient (Wildman–Crippen LogP) is 3.51. The molecule has 1 aliphatic heterocycles. The molecule has 29 heavy (non-hydrogen) atoms. The van der Waals surface area contributed by atoms with Crippen molar-refractivity contribution in [3.63, 3.8) is 0 Å². The minimum Gasteiger partial charge on any atom is -0.464 e. The Hall–Kier alpha value is -2.73. The lowest BCUT2D eigenvalue weighted by molar-refractivity contribution is 0.239. The number of aryl methyl sites for hydroxylation is 1. The second-order valence-corrected chi connectivity index (χ2v) is 8.15. The van der Waals surface area contributed by atoms with Crippen LogP contribution in [-0.2, 0) is 25.9 Å². The van der Waals surface area contributed by atoms with Crippen molar-refractivity contribution in [3.8, 4) is 0 Å². The Morgan fingerprint density at radius 3 is 2.86 bits per heavy atom. The van der Waals surface area contributed by atoms with Gasteiger partial charge in [0.1, 0.15) is 11.4 Å². The summed E-state index contributed by atoms with van der Waals surface area (Å²) in [6, 6.07) is 5.81. The summed E-state index contributed by atoms with van der Waals surface area (Å²) >= 11 is 0. The van der Waals surface area contributed by atoms with E-state index in [1.165, 1.54) is 0 Å². The van der Waals surface area contributed by atoms with Gasteiger partial charge in [0.25, 0.3) is 5.56 Å². The zero-order valence-electron chi connectivity index (χ0n) is 17.2. The third kappa shape index (κ3) is 3.90. The molecule has 6 heteroatoms. The van der Waals surface area contributed by atoms with Gasteiger partial charge in [-0.15, -0.1) is 0 Å². The fraction of sp³-hybridized carbons (Fsp3) is 0.435. The van der Waals surface area contributed by atoms with Crippen molar-refractivity contribution >= 4 is 11.0 Å². The summed E-state index contributed by atoms with van der Waals surface area (Å²) < 4.78 is 5.73. The van der Waals surface area contributed by atoms with Crippen LogP contribution in [0.2, 0.25) is 0 Å². The highest BCUT2D eigenvalue weighted by Gasteiger charge is 2.22. The number of aromatic amines is 1. The summed E-state index contributed by atoms with van der Waals surface area (Å²) in [5.74, 6) is 1.11. The Labute approximate surface area is 169 Å². The van der Waals surface area contributed by atoms with E-state index in [1.54, 1.807) is 6.26 Å². The van der Waals surface area contributed by atoms with Gasteiger partial charge in [0.2, 0.25) is 0 Å². The summed E-state index contributed by atoms with van der Waals surface area (Å²) in [4.78, 5) is 35.2. The van der Waals surface area contributed by atoms with Crippen molar-refractivity contribution in [2.45, 2.75) is 59.0 Å². The Balaban J connectivity index is 1.60. The highest BCUT2D eigenvalue weighted by molar-refractivity contribution is 5.77. The summed E-state index contributed by atoms with van der Waals surface area (Å²) in [6.07, 6.45) is 4.00. The van der Waals surface area contributed by atoms with E-state index >= 15 is 0 Å². The van der Waals surface area contributed by atoms with Crippen molar-refractivity contribution in [2.75, 3.05) is 6.54 Å². The fourth-order valence-corrected chi connectivity index (χ4v) is 3.92. The van der Waals surface area contributed by atoms with Gasteiger partial charge in [0, 0.05) is 38.0 Å². The zero-order chi connectivity index (χ0) is 20.5. The molecule has 1 aromatic carbocycles. The van der Waals surface area contributed by atoms with E-state index in [0.29, 0.717) is 47.5 Å². The van der Waals surface area contributed by atoms with E-state index in [4.69, 9.17) is 4.42 Å². The van der Waals surface area contributed by atoms with Crippen LogP contribution < -0.4 is 11.0 Å². The number of benzene rings is 1. The Kier molecular flexibility index (Phi) is 5.37. The lowest BCUT2D eigenvalue weighted by atomic mass is 10.0. The van der Waals surface area contributed by atoms with Crippen LogP contribution in [0.4, 0.5) is 0 Å². The molecule has 0 atom stereocenters. The van der Waals surface area contributed by atoms with E-state index in [1.807, 2.05) is 18.2 Å². The predicted molar refractivity (Wildman–Crippen MR) is 113 cm³/mol. The van der Waals surface area contributed by atoms with E-state index in [0.717, 1.165) is 36.5 Å². The van der Waals surface area contributed by atoms with Gasteiger partial charge in [-0.3, -0.25) is 14.5 Å². The Morgan fingerprint density at radius 1 is 1.28 bits per heavy atom. The lowest BCUT2D eigenvalue weighted by Crippen LogP contribution is -2.36. The molecular formula is C23H27N3O3. The highest BCUT2D eigenvalue weighted by atomic mass is 16.3. The van der Waals surface area contributed by atoms with Crippen LogP contribution in [0.3, 0.4) is 0 Å². The maximum absolute atomic E-state index is 13.0. The number of nitrogens with zero attached hydrogens (tertiary/aromatic N) is 2. The molecule has 0 amide bonds. The maximum atomic E-state index is 13.0. The largest absolute Gasteiger partial charge is 0.464 e. The van der Waals surface area contributed by atoms with Crippen LogP contribution in [0, 0.1) is 0 Å². The van der Waals surface area contributed by atoms with Crippen LogP contribution >= 0.6 is 0 Å². The first-order valence-electron chi connectivity index (χ1n) is 10.3. The molecule has 3 heterocycles. The molecule has 3 aromatic rings. The summed E-state index contributed by atoms with van der Waals surface area (Å²) in [6.45, 7) is 8.00. The zero-order valence-corrected chi connectivity index (χ0v) is 17.2. The number of hydrogen-bond donors (Lipinski definition) is 1. The van der Waals surface area contributed by atoms with E-state index in [2.05, 4.69) is 35.6 Å². The third-order valence-corrected chi connectivity index (χ3v) is 5.61. The van der Waals surface area contributed by atoms with Crippen LogP contribution in [0.5, 0.6) is 0 Å². The lowest BCUT2D eigenvalue weighted by Gasteiger charge is -2.27. The molecule has 0 bridgehead atoms. The van der Waals surface area contributed by atoms with Gasteiger partial charge in [-0.05, 0) is 30.0 Å². The van der Waals surface area contributed by atoms with E-state index < -0.39 is 0 Å². The molecule has 0 unspecified atom stereocenters. The number of aromatic nitrogens is 2. The van der Waals surface area contributed by atoms with Crippen molar-refractivity contribution in [3.05, 3.63) is 73.2 Å². The number of fused-ring (bicyclic) bond motifs is 2. The van der Waals surface area contributed by atoms with Gasteiger partial charge < -0.3 is 9.40 Å². The van der Waals surface area contributed by atoms with Gasteiger partial charge in [-0.25, -0.2) is 4.98 Å². The van der Waals surface area contributed by atoms with Crippen molar-refractivity contribution in [2.24, 2.45) is 0 Å². The fourth-order valence-electron chi connectivity index (χ4n) is 3.92. The third-order valence-electron chi connectivity index (χ3n) is 5.61. The normalized spacial score (nSPS) is 14.5. The minimum absolute atomic E-state index is 0.00451. The quantitative estimate of drug-likeness (QED) is 0.718. The number of H-pyrrole nitrogens is 1. The van der Waals surface area contributed by atoms with Crippen LogP contribution in [-0.4, -0.2) is 21.4 Å². The topological polar surface area (TPSA) is 79.2 Å². The van der Waals surface area contributed by atoms with Crippen molar-refractivity contribution < 1.29 is 4.42 Å². The molecule has 0 saturated carbocycles. The first-order valence-corrected chi connectivity index (χ1v) is 10.3. The van der Waals surface area contributed by atoms with Gasteiger partial charge in [-0.2, -0.15) is 0 Å². The van der Waals surface area contributed by atoms with Crippen LogP contribution in [0.1, 0.15) is 61.3 Å². The molecule has 0 fully saturated rings. The molecule has 0 aliphatic carbocycles. The van der Waals surface area contributed by atoms with Crippen LogP contribution in [0.15, 0.2) is 38.5 Å². The highest BCUT2D eigenvalue weighted by Crippen LogP contribution is 2.21. The van der Waals surface area contributed by atoms with Gasteiger partial charge in [-0.1, -0.05) is 26.8 Å². The molecule has 2 aromatic heterocycles. The smallest absolute Gasteiger partial charge is 0.255 e. The summed E-state index contributed by atoms with van der Waals surface area (Å²) in [7, 11) is 0. The summed E-state index contributed by atoms with van der Waals surface area (Å²) in [5.41, 5.74) is 3.89. The average molecular weight is 393 g/mol. The molecule has 0 spiro atoms. The molecule has 1 N–H and O–H groups in total. The van der Waals surface area contributed by atoms with Crippen molar-refractivity contribution in [1.82, 2.24) is 14.9 Å². The second kappa shape index (κ2) is 7.95. The number of nitrogens with one attached hydrogen (secondary N) is 1. The minimum atomic E-state index is -0.0599. The maximum Gasteiger partial charge on any atom is 0.255 e. The summed E-state index contributed by atoms with van der Waals surface area (Å²) in [5, 5.41) is 0.620. The molecule has 0 saturated heterocycles. The Morgan fingerprint density at radius 2 is 2.10 bits per heavy atom. The number of hydrogen-bond acceptors (Lipinski definition) is 5. The molecule has 4 rings (SSSR count). The van der Waals surface area contributed by atoms with Gasteiger partial charge in [0.15, 0.2) is 5.43 Å². The van der Waals surface area contributed by atoms with Gasteiger partial charge >= 0.3 is 0 Å². The standard InChI is InChI=1S/C23H27N3O3/c1-4-5-21-24-19-8-9-26(12-18(19)23(28)25-21)11-16-13-29-20-7-6-15(14(2)3)10-17(20)22(16)27/h6-7,10,13-14H,4-5,8-9,11-12H2,1-3H3,(H,24,25,28). The Bertz CT molecular complexity index is 1160. The molecule has 6 nitrogen and oxygen atoms in total. The SMILES string of the molecule is CCCc1nc2c(c(=O)[nH]1)CN(Cc1coc3ccc(C(C)C)cc3c1=O)CC2. The molecule has 152 valence electrons. The molecular weight excluding hydrogens is 366 g/mol. The van der Waals surface area contributed by atoms with Gasteiger partial charge in [0.05, 0.1) is 22.9 Å². The average Bonchev–Trinajstić information content (AvgIpc) is 2.70. The molecule has 0 radical (unpaired) electrons. The van der Waals surface area contributed by atoms with Crippen molar-refractivity contribution in [1.29, 1.82) is 0 Å². The first kappa shape index (κ1) is 19.6. The second-order valence-electron chi connectivity index (χ2n) is 8.15. The van der Waals surface area contributed by atoms with Crippen LogP contribution in [0.25, 0.3) is 11.0 Å². The first-order chi connectivity index (χ1) is 14.0. The van der Waals surface area contributed by atoms with E-state index in [9.17, 15) is 9.59 Å². The molecule has 1 aliphatic rings. The van der Waals surface area contributed by atoms with E-state index in [-0.39, 0.29) is 11.0 Å².